The lowest BCUT2D eigenvalue weighted by molar-refractivity contribution is 0.0510. The van der Waals surface area contributed by atoms with Crippen LogP contribution in [0.1, 0.15) is 0 Å². The topological polar surface area (TPSA) is 40.5 Å². The summed E-state index contributed by atoms with van der Waals surface area (Å²) in [5.41, 5.74) is 0.396. The van der Waals surface area contributed by atoms with Crippen molar-refractivity contribution >= 4 is 7.85 Å². The molecule has 2 N–H and O–H groups in total. The molecule has 1 aliphatic carbocycles. The summed E-state index contributed by atoms with van der Waals surface area (Å²) in [6.45, 7) is 3.21. The molecule has 0 aromatic rings. The molecule has 0 amide bonds. The summed E-state index contributed by atoms with van der Waals surface area (Å²) in [5.74, 6) is -1.43. The molecule has 1 rings (SSSR count). The summed E-state index contributed by atoms with van der Waals surface area (Å²) in [7, 11) is 5.33. The monoisotopic (exact) mass is 156 g/mol. The Kier molecular flexibility index (Phi) is 2.35. The van der Waals surface area contributed by atoms with Crippen LogP contribution in [0.3, 0.4) is 0 Å². The molecule has 0 saturated heterocycles. The first-order chi connectivity index (χ1) is 5.09. The van der Waals surface area contributed by atoms with Crippen molar-refractivity contribution in [3.8, 4) is 0 Å². The molecule has 1 fully saturated rings. The Morgan fingerprint density at radius 1 is 1.64 bits per heavy atom. The van der Waals surface area contributed by atoms with Crippen molar-refractivity contribution in [1.82, 2.24) is 0 Å². The van der Waals surface area contributed by atoms with E-state index in [0.717, 1.165) is 0 Å². The second kappa shape index (κ2) is 2.95. The molecule has 11 heavy (non-hydrogen) atoms. The van der Waals surface area contributed by atoms with Crippen LogP contribution in [0.4, 0.5) is 4.39 Å². The van der Waals surface area contributed by atoms with Gasteiger partial charge in [0.1, 0.15) is 6.17 Å². The lowest BCUT2D eigenvalue weighted by atomic mass is 9.81. The second-order valence-electron chi connectivity index (χ2n) is 2.82. The van der Waals surface area contributed by atoms with Crippen molar-refractivity contribution in [3.63, 3.8) is 0 Å². The zero-order chi connectivity index (χ0) is 8.59. The average Bonchev–Trinajstić information content (AvgIpc) is 2.17. The zero-order valence-corrected chi connectivity index (χ0v) is 6.07. The molecule has 0 heterocycles. The van der Waals surface area contributed by atoms with Crippen molar-refractivity contribution < 1.29 is 14.6 Å². The molecule has 1 saturated carbocycles. The highest BCUT2D eigenvalue weighted by Crippen LogP contribution is 2.39. The van der Waals surface area contributed by atoms with E-state index < -0.39 is 24.0 Å². The molecular formula is C7H10BFO2. The maximum absolute atomic E-state index is 12.9. The number of aliphatic hydroxyl groups is 2. The van der Waals surface area contributed by atoms with Gasteiger partial charge in [-0.15, -0.1) is 0 Å². The fourth-order valence-corrected chi connectivity index (χ4v) is 1.33. The van der Waals surface area contributed by atoms with Crippen LogP contribution < -0.4 is 0 Å². The highest BCUT2D eigenvalue weighted by molar-refractivity contribution is 6.14. The predicted molar refractivity (Wildman–Crippen MR) is 40.1 cm³/mol. The lowest BCUT2D eigenvalue weighted by Gasteiger charge is -2.11. The Bertz CT molecular complexity index is 174. The van der Waals surface area contributed by atoms with Crippen LogP contribution >= 0.6 is 0 Å². The number of alkyl halides is 1. The first kappa shape index (κ1) is 8.75. The molecule has 1 aliphatic rings. The van der Waals surface area contributed by atoms with Gasteiger partial charge in [0.15, 0.2) is 0 Å². The van der Waals surface area contributed by atoms with Gasteiger partial charge in [-0.1, -0.05) is 12.2 Å². The van der Waals surface area contributed by atoms with Crippen LogP contribution in [0.5, 0.6) is 0 Å². The molecule has 4 heteroatoms. The molecule has 0 aromatic carbocycles. The van der Waals surface area contributed by atoms with E-state index in [-0.39, 0.29) is 6.61 Å². The third-order valence-corrected chi connectivity index (χ3v) is 2.18. The van der Waals surface area contributed by atoms with Crippen LogP contribution in [0.2, 0.25) is 5.82 Å². The molecule has 0 aromatic heterocycles. The first-order valence-corrected chi connectivity index (χ1v) is 3.47. The maximum Gasteiger partial charge on any atom is 0.125 e. The summed E-state index contributed by atoms with van der Waals surface area (Å²) in [5, 5.41) is 17.8. The van der Waals surface area contributed by atoms with E-state index in [0.29, 0.717) is 5.57 Å². The van der Waals surface area contributed by atoms with E-state index in [1.807, 2.05) is 0 Å². The van der Waals surface area contributed by atoms with E-state index in [2.05, 4.69) is 6.58 Å². The van der Waals surface area contributed by atoms with Crippen molar-refractivity contribution in [3.05, 3.63) is 12.2 Å². The average molecular weight is 156 g/mol. The van der Waals surface area contributed by atoms with Crippen LogP contribution in [0.15, 0.2) is 12.2 Å². The summed E-state index contributed by atoms with van der Waals surface area (Å²) < 4.78 is 12.9. The van der Waals surface area contributed by atoms with Gasteiger partial charge in [0.2, 0.25) is 0 Å². The molecule has 2 nitrogen and oxygen atoms in total. The smallest absolute Gasteiger partial charge is 0.125 e. The molecule has 0 bridgehead atoms. The Labute approximate surface area is 66.1 Å². The Hall–Kier alpha value is -0.345. The molecular weight excluding hydrogens is 146 g/mol. The van der Waals surface area contributed by atoms with Crippen LogP contribution in [0.25, 0.3) is 0 Å². The minimum absolute atomic E-state index is 0.297. The van der Waals surface area contributed by atoms with Gasteiger partial charge in [-0.3, -0.25) is 0 Å². The lowest BCUT2D eigenvalue weighted by Crippen LogP contribution is -2.25. The van der Waals surface area contributed by atoms with Gasteiger partial charge in [0.25, 0.3) is 0 Å². The van der Waals surface area contributed by atoms with Gasteiger partial charge in [-0.05, 0) is 5.82 Å². The van der Waals surface area contributed by atoms with Crippen molar-refractivity contribution in [2.45, 2.75) is 18.1 Å². The van der Waals surface area contributed by atoms with Gasteiger partial charge < -0.3 is 10.2 Å². The van der Waals surface area contributed by atoms with Gasteiger partial charge in [-0.2, -0.15) is 0 Å². The third kappa shape index (κ3) is 1.21. The molecule has 4 atom stereocenters. The van der Waals surface area contributed by atoms with E-state index in [1.54, 1.807) is 0 Å². The number of halogens is 1. The Morgan fingerprint density at radius 3 is 2.36 bits per heavy atom. The zero-order valence-electron chi connectivity index (χ0n) is 6.07. The second-order valence-corrected chi connectivity index (χ2v) is 2.82. The molecule has 60 valence electrons. The van der Waals surface area contributed by atoms with Crippen LogP contribution in [0, 0.1) is 5.92 Å². The Morgan fingerprint density at radius 2 is 2.18 bits per heavy atom. The van der Waals surface area contributed by atoms with Crippen LogP contribution in [-0.2, 0) is 0 Å². The molecule has 0 unspecified atom stereocenters. The standard InChI is InChI=1S/C7H10BFO2/c1-3-4(2-10)7(11)6(9)5(3)8/h4-7,10-11H,1-2H2/t4-,5+,6-,7+/m0/s1. The number of aliphatic hydroxyl groups excluding tert-OH is 2. The first-order valence-electron chi connectivity index (χ1n) is 3.47. The van der Waals surface area contributed by atoms with E-state index in [1.165, 1.54) is 0 Å². The highest BCUT2D eigenvalue weighted by Gasteiger charge is 2.42. The largest absolute Gasteiger partial charge is 0.396 e. The summed E-state index contributed by atoms with van der Waals surface area (Å²) in [6, 6.07) is 0. The minimum atomic E-state index is -1.49. The molecule has 0 spiro atoms. The maximum atomic E-state index is 12.9. The fraction of sp³-hybridized carbons (Fsp3) is 0.714. The van der Waals surface area contributed by atoms with E-state index >= 15 is 0 Å². The summed E-state index contributed by atoms with van der Waals surface area (Å²) in [4.78, 5) is 0. The quantitative estimate of drug-likeness (QED) is 0.408. The number of rotatable bonds is 1. The molecule has 2 radical (unpaired) electrons. The predicted octanol–water partition coefficient (Wildman–Crippen LogP) is -0.179. The van der Waals surface area contributed by atoms with Crippen molar-refractivity contribution in [2.75, 3.05) is 6.61 Å². The van der Waals surface area contributed by atoms with Crippen molar-refractivity contribution in [1.29, 1.82) is 0 Å². The van der Waals surface area contributed by atoms with Gasteiger partial charge in [0.05, 0.1) is 20.6 Å². The van der Waals surface area contributed by atoms with Crippen LogP contribution in [-0.4, -0.2) is 36.9 Å². The number of hydrogen-bond donors (Lipinski definition) is 2. The SMILES string of the molecule is [B][C@@H]1C(=C)[C@H](CO)[C@@H](O)[C@H]1F. The minimum Gasteiger partial charge on any atom is -0.396 e. The fourth-order valence-electron chi connectivity index (χ4n) is 1.33. The van der Waals surface area contributed by atoms with E-state index in [9.17, 15) is 4.39 Å². The highest BCUT2D eigenvalue weighted by atomic mass is 19.1. The van der Waals surface area contributed by atoms with Crippen molar-refractivity contribution in [2.24, 2.45) is 5.92 Å². The summed E-state index contributed by atoms with van der Waals surface area (Å²) >= 11 is 0. The summed E-state index contributed by atoms with van der Waals surface area (Å²) in [6.07, 6.45) is -2.68. The number of hydrogen-bond acceptors (Lipinski definition) is 2. The Balaban J connectivity index is 2.77. The molecule has 0 aliphatic heterocycles. The van der Waals surface area contributed by atoms with Gasteiger partial charge in [0, 0.05) is 5.92 Å². The van der Waals surface area contributed by atoms with Gasteiger partial charge >= 0.3 is 0 Å². The third-order valence-electron chi connectivity index (χ3n) is 2.18. The van der Waals surface area contributed by atoms with Gasteiger partial charge in [-0.25, -0.2) is 4.39 Å². The van der Waals surface area contributed by atoms with E-state index in [4.69, 9.17) is 18.1 Å². The normalized spacial score (nSPS) is 44.8.